The van der Waals surface area contributed by atoms with Gasteiger partial charge in [0.1, 0.15) is 24.1 Å². The van der Waals surface area contributed by atoms with Gasteiger partial charge in [-0.15, -0.1) is 0 Å². The molecule has 5 rings (SSSR count). The van der Waals surface area contributed by atoms with E-state index in [1.54, 1.807) is 60.5 Å². The van der Waals surface area contributed by atoms with E-state index < -0.39 is 17.9 Å². The SMILES string of the molecule is CNC(=O)[C@@H]1CN(C(=O)[C@@H](NC(=O)c2cccc(OCc3ccc(Cl)cc3)c2)c2ccc(O)cc2)C[C@H]1Cc1ccccc1. The molecule has 0 spiro atoms. The lowest BCUT2D eigenvalue weighted by molar-refractivity contribution is -0.132. The summed E-state index contributed by atoms with van der Waals surface area (Å²) in [4.78, 5) is 42.1. The molecule has 1 aliphatic heterocycles. The molecule has 9 heteroatoms. The molecule has 0 aliphatic carbocycles. The number of phenolic OH excluding ortho intramolecular Hbond substituents is 1. The van der Waals surface area contributed by atoms with Crippen molar-refractivity contribution in [2.24, 2.45) is 11.8 Å². The number of nitrogens with zero attached hydrogens (tertiary/aromatic N) is 1. The second kappa shape index (κ2) is 14.1. The first-order chi connectivity index (χ1) is 21.3. The van der Waals surface area contributed by atoms with Crippen LogP contribution in [-0.4, -0.2) is 47.9 Å². The Labute approximate surface area is 261 Å². The predicted molar refractivity (Wildman–Crippen MR) is 168 cm³/mol. The number of likely N-dealkylation sites (tertiary alicyclic amines) is 1. The number of carbonyl (C=O) groups is 3. The summed E-state index contributed by atoms with van der Waals surface area (Å²) < 4.78 is 5.90. The molecule has 8 nitrogen and oxygen atoms in total. The number of hydrogen-bond acceptors (Lipinski definition) is 5. The third kappa shape index (κ3) is 7.57. The van der Waals surface area contributed by atoms with Crippen molar-refractivity contribution in [1.29, 1.82) is 0 Å². The van der Waals surface area contributed by atoms with Crippen molar-refractivity contribution < 1.29 is 24.2 Å². The van der Waals surface area contributed by atoms with Crippen LogP contribution in [0.4, 0.5) is 0 Å². The Kier molecular flexibility index (Phi) is 9.82. The zero-order valence-corrected chi connectivity index (χ0v) is 25.0. The highest BCUT2D eigenvalue weighted by atomic mass is 35.5. The van der Waals surface area contributed by atoms with E-state index in [4.69, 9.17) is 16.3 Å². The van der Waals surface area contributed by atoms with Gasteiger partial charge in [-0.05, 0) is 71.5 Å². The minimum absolute atomic E-state index is 0.0422. The number of halogens is 1. The highest BCUT2D eigenvalue weighted by Gasteiger charge is 2.41. The van der Waals surface area contributed by atoms with Crippen molar-refractivity contribution in [1.82, 2.24) is 15.5 Å². The van der Waals surface area contributed by atoms with Crippen LogP contribution in [0.3, 0.4) is 0 Å². The third-order valence-corrected chi connectivity index (χ3v) is 8.09. The van der Waals surface area contributed by atoms with Gasteiger partial charge in [0.15, 0.2) is 0 Å². The minimum Gasteiger partial charge on any atom is -0.508 e. The second-order valence-corrected chi connectivity index (χ2v) is 11.3. The Morgan fingerprint density at radius 1 is 0.909 bits per heavy atom. The lowest BCUT2D eigenvalue weighted by Gasteiger charge is -2.25. The van der Waals surface area contributed by atoms with E-state index >= 15 is 0 Å². The molecular formula is C35H34ClN3O5. The van der Waals surface area contributed by atoms with Crippen LogP contribution in [0.1, 0.15) is 33.1 Å². The molecule has 44 heavy (non-hydrogen) atoms. The van der Waals surface area contributed by atoms with Gasteiger partial charge >= 0.3 is 0 Å². The zero-order valence-electron chi connectivity index (χ0n) is 24.3. The molecule has 4 aromatic rings. The van der Waals surface area contributed by atoms with Gasteiger partial charge in [-0.25, -0.2) is 0 Å². The molecule has 4 aromatic carbocycles. The monoisotopic (exact) mass is 611 g/mol. The summed E-state index contributed by atoms with van der Waals surface area (Å²) in [7, 11) is 1.60. The highest BCUT2D eigenvalue weighted by molar-refractivity contribution is 6.30. The number of hydrogen-bond donors (Lipinski definition) is 3. The maximum absolute atomic E-state index is 14.1. The number of benzene rings is 4. The van der Waals surface area contributed by atoms with E-state index in [9.17, 15) is 19.5 Å². The maximum atomic E-state index is 14.1. The van der Waals surface area contributed by atoms with Crippen molar-refractivity contribution in [2.45, 2.75) is 19.1 Å². The van der Waals surface area contributed by atoms with Crippen LogP contribution in [0.25, 0.3) is 0 Å². The van der Waals surface area contributed by atoms with Crippen LogP contribution in [-0.2, 0) is 22.6 Å². The van der Waals surface area contributed by atoms with E-state index in [0.717, 1.165) is 11.1 Å². The number of nitrogens with one attached hydrogen (secondary N) is 2. The van der Waals surface area contributed by atoms with Crippen molar-refractivity contribution in [3.63, 3.8) is 0 Å². The standard InChI is InChI=1S/C35H34ClN3O5/c1-37-34(42)31-21-39(20-27(31)18-23-6-3-2-4-7-23)35(43)32(25-12-16-29(40)17-13-25)38-33(41)26-8-5-9-30(19-26)44-22-24-10-14-28(36)15-11-24/h2-17,19,27,31-32,40H,18,20-22H2,1H3,(H,37,42)(H,38,41)/t27-,31-,32+/m1/s1. The number of amides is 3. The Morgan fingerprint density at radius 2 is 1.64 bits per heavy atom. The van der Waals surface area contributed by atoms with Crippen LogP contribution >= 0.6 is 11.6 Å². The van der Waals surface area contributed by atoms with Gasteiger partial charge in [0.05, 0.1) is 5.92 Å². The fourth-order valence-electron chi connectivity index (χ4n) is 5.48. The van der Waals surface area contributed by atoms with Gasteiger partial charge in [0, 0.05) is 30.7 Å². The number of phenols is 1. The number of ether oxygens (including phenoxy) is 1. The molecule has 0 bridgehead atoms. The topological polar surface area (TPSA) is 108 Å². The number of carbonyl (C=O) groups excluding carboxylic acids is 3. The van der Waals surface area contributed by atoms with E-state index in [-0.39, 0.29) is 30.0 Å². The van der Waals surface area contributed by atoms with Gasteiger partial charge in [-0.1, -0.05) is 72.3 Å². The van der Waals surface area contributed by atoms with Crippen LogP contribution < -0.4 is 15.4 Å². The van der Waals surface area contributed by atoms with Gasteiger partial charge in [-0.3, -0.25) is 14.4 Å². The van der Waals surface area contributed by atoms with E-state index in [2.05, 4.69) is 10.6 Å². The number of aromatic hydroxyl groups is 1. The molecular weight excluding hydrogens is 578 g/mol. The second-order valence-electron chi connectivity index (χ2n) is 10.9. The fraction of sp³-hybridized carbons (Fsp3) is 0.229. The fourth-order valence-corrected chi connectivity index (χ4v) is 5.61. The first-order valence-electron chi connectivity index (χ1n) is 14.4. The van der Waals surface area contributed by atoms with E-state index in [1.165, 1.54) is 12.1 Å². The van der Waals surface area contributed by atoms with Crippen LogP contribution in [0.2, 0.25) is 5.02 Å². The van der Waals surface area contributed by atoms with E-state index in [1.807, 2.05) is 42.5 Å². The number of rotatable bonds is 10. The molecule has 0 unspecified atom stereocenters. The molecule has 3 atom stereocenters. The van der Waals surface area contributed by atoms with Crippen LogP contribution in [0.15, 0.2) is 103 Å². The lowest BCUT2D eigenvalue weighted by atomic mass is 9.89. The minimum atomic E-state index is -1.04. The summed E-state index contributed by atoms with van der Waals surface area (Å²) in [5, 5.41) is 16.1. The molecule has 0 aromatic heterocycles. The molecule has 1 saturated heterocycles. The van der Waals surface area contributed by atoms with Gasteiger partial charge < -0.3 is 25.4 Å². The molecule has 3 N–H and O–H groups in total. The first kappa shape index (κ1) is 30.6. The molecule has 3 amide bonds. The Balaban J connectivity index is 1.34. The molecule has 226 valence electrons. The largest absolute Gasteiger partial charge is 0.508 e. The van der Waals surface area contributed by atoms with Crippen LogP contribution in [0.5, 0.6) is 11.5 Å². The highest BCUT2D eigenvalue weighted by Crippen LogP contribution is 2.30. The van der Waals surface area contributed by atoms with Gasteiger partial charge in [0.2, 0.25) is 11.8 Å². The predicted octanol–water partition coefficient (Wildman–Crippen LogP) is 5.16. The first-order valence-corrected chi connectivity index (χ1v) is 14.8. The van der Waals surface area contributed by atoms with Crippen molar-refractivity contribution in [3.8, 4) is 11.5 Å². The summed E-state index contributed by atoms with van der Waals surface area (Å²) in [5.74, 6) is -0.860. The van der Waals surface area contributed by atoms with Crippen molar-refractivity contribution in [3.05, 3.63) is 130 Å². The molecule has 1 fully saturated rings. The van der Waals surface area contributed by atoms with Gasteiger partial charge in [0.25, 0.3) is 5.91 Å². The summed E-state index contributed by atoms with van der Waals surface area (Å²) in [6, 6.07) is 29.0. The third-order valence-electron chi connectivity index (χ3n) is 7.84. The van der Waals surface area contributed by atoms with Crippen LogP contribution in [0, 0.1) is 11.8 Å². The molecule has 1 aliphatic rings. The van der Waals surface area contributed by atoms with E-state index in [0.29, 0.717) is 41.5 Å². The maximum Gasteiger partial charge on any atom is 0.252 e. The smallest absolute Gasteiger partial charge is 0.252 e. The summed E-state index contributed by atoms with van der Waals surface area (Å²) in [6.45, 7) is 0.890. The van der Waals surface area contributed by atoms with Crippen molar-refractivity contribution >= 4 is 29.3 Å². The van der Waals surface area contributed by atoms with Crippen molar-refractivity contribution in [2.75, 3.05) is 20.1 Å². The Morgan fingerprint density at radius 3 is 2.34 bits per heavy atom. The van der Waals surface area contributed by atoms with Gasteiger partial charge in [-0.2, -0.15) is 0 Å². The Hall–Kier alpha value is -4.82. The quantitative estimate of drug-likeness (QED) is 0.230. The lowest BCUT2D eigenvalue weighted by Crippen LogP contribution is -2.42. The average Bonchev–Trinajstić information content (AvgIpc) is 3.47. The summed E-state index contributed by atoms with van der Waals surface area (Å²) >= 11 is 5.97. The summed E-state index contributed by atoms with van der Waals surface area (Å²) in [5.41, 5.74) is 2.84. The Bertz CT molecular complexity index is 1600. The average molecular weight is 612 g/mol. The summed E-state index contributed by atoms with van der Waals surface area (Å²) in [6.07, 6.45) is 0.641. The molecule has 0 radical (unpaired) electrons. The molecule has 0 saturated carbocycles. The normalized spacial score (nSPS) is 16.6. The zero-order chi connectivity index (χ0) is 31.1. The molecule has 1 heterocycles.